The van der Waals surface area contributed by atoms with Crippen molar-refractivity contribution in [2.45, 2.75) is 83.5 Å². The summed E-state index contributed by atoms with van der Waals surface area (Å²) in [5, 5.41) is 0. The Labute approximate surface area is 150 Å². The second-order valence-corrected chi connectivity index (χ2v) is 9.10. The lowest BCUT2D eigenvalue weighted by molar-refractivity contribution is 0.697. The van der Waals surface area contributed by atoms with Crippen LogP contribution in [0, 0.1) is 0 Å². The lowest BCUT2D eigenvalue weighted by Gasteiger charge is -2.37. The summed E-state index contributed by atoms with van der Waals surface area (Å²) in [5.74, 6) is 0. The van der Waals surface area contributed by atoms with E-state index in [0.29, 0.717) is 0 Å². The first-order chi connectivity index (χ1) is 12.4. The van der Waals surface area contributed by atoms with Crippen molar-refractivity contribution in [1.29, 1.82) is 0 Å². The Morgan fingerprint density at radius 3 is 0.560 bits per heavy atom. The zero-order valence-corrected chi connectivity index (χ0v) is 15.2. The Kier molecular flexibility index (Phi) is 2.50. The monoisotopic (exact) mass is 326 g/mol. The van der Waals surface area contributed by atoms with Gasteiger partial charge in [-0.1, -0.05) is 0 Å². The molecule has 0 heterocycles. The van der Waals surface area contributed by atoms with Crippen molar-refractivity contribution in [3.8, 4) is 0 Å². The third kappa shape index (κ3) is 1.56. The van der Waals surface area contributed by atoms with Crippen LogP contribution >= 0.6 is 0 Å². The van der Waals surface area contributed by atoms with E-state index in [9.17, 15) is 0 Å². The van der Waals surface area contributed by atoms with E-state index >= 15 is 0 Å². The Balaban J connectivity index is 1.77. The first kappa shape index (κ1) is 13.6. The van der Waals surface area contributed by atoms with E-state index in [0.717, 1.165) is 0 Å². The van der Waals surface area contributed by atoms with Crippen molar-refractivity contribution >= 4 is 0 Å². The maximum atomic E-state index is 1.84. The molecular weight excluding hydrogens is 300 g/mol. The Hall–Kier alpha value is -1.56. The molecule has 0 amide bonds. The molecule has 6 aliphatic rings. The molecular formula is C25H26. The maximum absolute atomic E-state index is 1.84. The first-order valence-electron chi connectivity index (χ1n) is 10.7. The van der Waals surface area contributed by atoms with Gasteiger partial charge < -0.3 is 0 Å². The summed E-state index contributed by atoms with van der Waals surface area (Å²) in [6.45, 7) is 0. The third-order valence-electron chi connectivity index (χ3n) is 8.35. The van der Waals surface area contributed by atoms with Gasteiger partial charge >= 0.3 is 0 Å². The van der Waals surface area contributed by atoms with Crippen LogP contribution in [0.1, 0.15) is 73.2 Å². The van der Waals surface area contributed by atoms with E-state index < -0.39 is 0 Å². The van der Waals surface area contributed by atoms with Crippen LogP contribution in [0.25, 0.3) is 0 Å². The van der Waals surface area contributed by atoms with Crippen LogP contribution < -0.4 is 0 Å². The molecule has 2 aromatic rings. The Bertz CT molecular complexity index is 827. The van der Waals surface area contributed by atoms with E-state index in [-0.39, 0.29) is 0 Å². The lowest BCUT2D eigenvalue weighted by Crippen LogP contribution is -2.27. The summed E-state index contributed by atoms with van der Waals surface area (Å²) in [4.78, 5) is 0. The summed E-state index contributed by atoms with van der Waals surface area (Å²) in [5.41, 5.74) is 22.0. The van der Waals surface area contributed by atoms with Crippen LogP contribution in [0.3, 0.4) is 0 Å². The largest absolute Gasteiger partial charge is 0.0451 e. The number of hydrogen-bond acceptors (Lipinski definition) is 0. The molecule has 6 aliphatic carbocycles. The van der Waals surface area contributed by atoms with E-state index in [1.807, 2.05) is 66.8 Å². The van der Waals surface area contributed by atoms with Crippen molar-refractivity contribution in [1.82, 2.24) is 0 Å². The summed E-state index contributed by atoms with van der Waals surface area (Å²) < 4.78 is 0. The van der Waals surface area contributed by atoms with E-state index in [1.165, 1.54) is 83.5 Å². The van der Waals surface area contributed by atoms with Crippen LogP contribution in [-0.4, -0.2) is 0 Å². The average Bonchev–Trinajstić information content (AvgIpc) is 2.68. The highest BCUT2D eigenvalue weighted by molar-refractivity contribution is 5.62. The summed E-state index contributed by atoms with van der Waals surface area (Å²) in [6, 6.07) is 0. The molecule has 0 unspecified atom stereocenters. The quantitative estimate of drug-likeness (QED) is 0.675. The summed E-state index contributed by atoms with van der Waals surface area (Å²) in [6.07, 6.45) is 17.5. The maximum Gasteiger partial charge on any atom is -0.0232 e. The SMILES string of the molecule is C1Cc2c3c4c5c6c2CCc2c(c(c(c(c2CC6)CC5)CC4)CC3)C1. The normalized spacial score (nSPS) is 21.1. The molecule has 0 fully saturated rings. The van der Waals surface area contributed by atoms with Gasteiger partial charge in [-0.3, -0.25) is 0 Å². The van der Waals surface area contributed by atoms with Crippen molar-refractivity contribution in [2.24, 2.45) is 0 Å². The van der Waals surface area contributed by atoms with Gasteiger partial charge in [-0.2, -0.15) is 0 Å². The molecule has 0 saturated heterocycles. The molecule has 126 valence electrons. The minimum absolute atomic E-state index is 1.34. The van der Waals surface area contributed by atoms with Gasteiger partial charge in [-0.25, -0.2) is 0 Å². The predicted octanol–water partition coefficient (Wildman–Crippen LogP) is 4.35. The summed E-state index contributed by atoms with van der Waals surface area (Å²) >= 11 is 0. The van der Waals surface area contributed by atoms with Gasteiger partial charge in [0.05, 0.1) is 0 Å². The van der Waals surface area contributed by atoms with Crippen molar-refractivity contribution in [3.63, 3.8) is 0 Å². The molecule has 0 radical (unpaired) electrons. The minimum atomic E-state index is 1.34. The van der Waals surface area contributed by atoms with E-state index in [2.05, 4.69) is 0 Å². The van der Waals surface area contributed by atoms with Gasteiger partial charge in [-0.05, 0) is 150 Å². The van der Waals surface area contributed by atoms with Crippen LogP contribution in [0.15, 0.2) is 0 Å². The predicted molar refractivity (Wildman–Crippen MR) is 102 cm³/mol. The fourth-order valence-electron chi connectivity index (χ4n) is 7.50. The van der Waals surface area contributed by atoms with Gasteiger partial charge in [0.1, 0.15) is 0 Å². The smallest absolute Gasteiger partial charge is 0.0232 e. The number of hydrogen-bond donors (Lipinski definition) is 0. The number of benzene rings is 2. The molecule has 0 atom stereocenters. The Morgan fingerprint density at radius 2 is 0.360 bits per heavy atom. The van der Waals surface area contributed by atoms with Crippen LogP contribution in [0.2, 0.25) is 0 Å². The van der Waals surface area contributed by atoms with Crippen LogP contribution in [0.5, 0.6) is 0 Å². The molecule has 25 heavy (non-hydrogen) atoms. The topological polar surface area (TPSA) is 0 Å². The number of fused-ring (bicyclic) bond motifs is 7. The lowest BCUT2D eigenvalue weighted by atomic mass is 9.68. The fraction of sp³-hybridized carbons (Fsp3) is 0.520. The van der Waals surface area contributed by atoms with E-state index in [4.69, 9.17) is 0 Å². The third-order valence-corrected chi connectivity index (χ3v) is 8.35. The van der Waals surface area contributed by atoms with Crippen LogP contribution in [-0.2, 0) is 77.0 Å². The standard InChI is InChI=1S/C25H26/c1-2-14-16-4-6-18-15(3-1)19-7-5-17(14)21-9-11-23(19)25-13-12-24(21)20(16)8-10-22(18)25/h1-13H2. The molecule has 0 nitrogen and oxygen atoms in total. The molecule has 8 rings (SSSR count). The second-order valence-electron chi connectivity index (χ2n) is 9.10. The average molecular weight is 326 g/mol. The fourth-order valence-corrected chi connectivity index (χ4v) is 7.50. The first-order valence-corrected chi connectivity index (χ1v) is 10.7. The Morgan fingerprint density at radius 1 is 0.200 bits per heavy atom. The molecule has 12 bridgehead atoms. The van der Waals surface area contributed by atoms with Gasteiger partial charge in [0.15, 0.2) is 0 Å². The zero-order valence-electron chi connectivity index (χ0n) is 15.2. The van der Waals surface area contributed by atoms with Crippen molar-refractivity contribution < 1.29 is 0 Å². The van der Waals surface area contributed by atoms with E-state index in [1.54, 1.807) is 0 Å². The zero-order chi connectivity index (χ0) is 16.1. The molecule has 0 aromatic heterocycles. The highest BCUT2D eigenvalue weighted by Gasteiger charge is 2.34. The van der Waals surface area contributed by atoms with Gasteiger partial charge in [-0.15, -0.1) is 0 Å². The second kappa shape index (κ2) is 4.58. The molecule has 0 saturated carbocycles. The van der Waals surface area contributed by atoms with Gasteiger partial charge in [0, 0.05) is 0 Å². The van der Waals surface area contributed by atoms with Gasteiger partial charge in [0.25, 0.3) is 0 Å². The minimum Gasteiger partial charge on any atom is -0.0451 e. The van der Waals surface area contributed by atoms with Crippen molar-refractivity contribution in [2.75, 3.05) is 0 Å². The molecule has 0 aliphatic heterocycles. The highest BCUT2D eigenvalue weighted by atomic mass is 14.4. The molecule has 0 spiro atoms. The molecule has 0 N–H and O–H groups in total. The molecule has 2 aromatic carbocycles. The number of rotatable bonds is 0. The highest BCUT2D eigenvalue weighted by Crippen LogP contribution is 2.45. The van der Waals surface area contributed by atoms with Crippen LogP contribution in [0.4, 0.5) is 0 Å². The molecule has 0 heteroatoms. The van der Waals surface area contributed by atoms with Crippen molar-refractivity contribution in [3.05, 3.63) is 66.8 Å². The summed E-state index contributed by atoms with van der Waals surface area (Å²) in [7, 11) is 0. The van der Waals surface area contributed by atoms with Gasteiger partial charge in [0.2, 0.25) is 0 Å².